The van der Waals surface area contributed by atoms with E-state index in [9.17, 15) is 9.59 Å². The summed E-state index contributed by atoms with van der Waals surface area (Å²) >= 11 is 0. The number of hydrogen-bond acceptors (Lipinski definition) is 3. The van der Waals surface area contributed by atoms with Crippen molar-refractivity contribution in [3.8, 4) is 0 Å². The van der Waals surface area contributed by atoms with Gasteiger partial charge in [0.15, 0.2) is 0 Å². The summed E-state index contributed by atoms with van der Waals surface area (Å²) in [6, 6.07) is 4.68. The van der Waals surface area contributed by atoms with Crippen LogP contribution in [-0.2, 0) is 11.3 Å². The molecule has 2 aromatic rings. The average Bonchev–Trinajstić information content (AvgIpc) is 2.22. The van der Waals surface area contributed by atoms with Crippen molar-refractivity contribution in [3.05, 3.63) is 40.3 Å². The highest BCUT2D eigenvalue weighted by atomic mass is 16.4. The molecule has 0 fully saturated rings. The minimum absolute atomic E-state index is 0.331. The summed E-state index contributed by atoms with van der Waals surface area (Å²) < 4.78 is 1.21. The number of aromatic nitrogens is 2. The highest BCUT2D eigenvalue weighted by molar-refractivity contribution is 5.77. The van der Waals surface area contributed by atoms with Gasteiger partial charge in [-0.1, -0.05) is 0 Å². The van der Waals surface area contributed by atoms with Crippen LogP contribution in [0.2, 0.25) is 0 Å². The van der Waals surface area contributed by atoms with E-state index in [1.807, 2.05) is 6.92 Å². The second-order valence-electron chi connectivity index (χ2n) is 3.57. The van der Waals surface area contributed by atoms with Crippen molar-refractivity contribution in [1.82, 2.24) is 9.55 Å². The SMILES string of the molecule is Cc1cnc2ccc(=O)n(CC(=O)O)c2c1. The van der Waals surface area contributed by atoms with Crippen molar-refractivity contribution in [2.75, 3.05) is 0 Å². The summed E-state index contributed by atoms with van der Waals surface area (Å²) in [4.78, 5) is 26.4. The quantitative estimate of drug-likeness (QED) is 0.808. The van der Waals surface area contributed by atoms with Gasteiger partial charge in [0.2, 0.25) is 0 Å². The van der Waals surface area contributed by atoms with Crippen LogP contribution in [-0.4, -0.2) is 20.6 Å². The molecule has 0 aliphatic rings. The van der Waals surface area contributed by atoms with E-state index in [1.165, 1.54) is 10.6 Å². The van der Waals surface area contributed by atoms with Crippen LogP contribution in [0.4, 0.5) is 0 Å². The largest absolute Gasteiger partial charge is 0.480 e. The third-order valence-electron chi connectivity index (χ3n) is 2.27. The second kappa shape index (κ2) is 3.77. The summed E-state index contributed by atoms with van der Waals surface area (Å²) in [7, 11) is 0. The van der Waals surface area contributed by atoms with Crippen molar-refractivity contribution < 1.29 is 9.90 Å². The van der Waals surface area contributed by atoms with Gasteiger partial charge < -0.3 is 5.11 Å². The first-order valence-electron chi connectivity index (χ1n) is 4.76. The summed E-state index contributed by atoms with van der Waals surface area (Å²) in [5.74, 6) is -1.05. The van der Waals surface area contributed by atoms with Crippen molar-refractivity contribution in [3.63, 3.8) is 0 Å². The normalized spacial score (nSPS) is 10.6. The monoisotopic (exact) mass is 218 g/mol. The Labute approximate surface area is 91.0 Å². The Balaban J connectivity index is 2.77. The van der Waals surface area contributed by atoms with Gasteiger partial charge in [0.25, 0.3) is 5.56 Å². The lowest BCUT2D eigenvalue weighted by Crippen LogP contribution is -2.23. The number of nitrogens with zero attached hydrogens (tertiary/aromatic N) is 2. The van der Waals surface area contributed by atoms with Crippen LogP contribution in [0.1, 0.15) is 5.56 Å². The van der Waals surface area contributed by atoms with Crippen LogP contribution >= 0.6 is 0 Å². The Kier molecular flexibility index (Phi) is 2.44. The number of fused-ring (bicyclic) bond motifs is 1. The average molecular weight is 218 g/mol. The Morgan fingerprint density at radius 3 is 2.94 bits per heavy atom. The Morgan fingerprint density at radius 2 is 2.25 bits per heavy atom. The topological polar surface area (TPSA) is 72.2 Å². The Hall–Kier alpha value is -2.17. The number of rotatable bonds is 2. The summed E-state index contributed by atoms with van der Waals surface area (Å²) in [5, 5.41) is 8.74. The molecule has 0 aliphatic heterocycles. The van der Waals surface area contributed by atoms with Gasteiger partial charge in [-0.2, -0.15) is 0 Å². The van der Waals surface area contributed by atoms with Crippen LogP contribution < -0.4 is 5.56 Å². The zero-order chi connectivity index (χ0) is 11.7. The molecule has 5 heteroatoms. The standard InChI is InChI=1S/C11H10N2O3/c1-7-4-9-8(12-5-7)2-3-10(14)13(9)6-11(15)16/h2-5H,6H2,1H3,(H,15,16). The van der Waals surface area contributed by atoms with Gasteiger partial charge in [0.1, 0.15) is 6.54 Å². The summed E-state index contributed by atoms with van der Waals surface area (Å²) in [6.07, 6.45) is 1.68. The van der Waals surface area contributed by atoms with Gasteiger partial charge in [-0.3, -0.25) is 19.1 Å². The van der Waals surface area contributed by atoms with E-state index < -0.39 is 5.97 Å². The molecule has 0 radical (unpaired) electrons. The fraction of sp³-hybridized carbons (Fsp3) is 0.182. The molecule has 0 unspecified atom stereocenters. The van der Waals surface area contributed by atoms with Crippen LogP contribution in [0.3, 0.4) is 0 Å². The molecule has 0 spiro atoms. The van der Waals surface area contributed by atoms with Gasteiger partial charge in [-0.25, -0.2) is 0 Å². The molecule has 0 saturated heterocycles. The van der Waals surface area contributed by atoms with Crippen molar-refractivity contribution >= 4 is 17.0 Å². The molecule has 2 rings (SSSR count). The highest BCUT2D eigenvalue weighted by Gasteiger charge is 2.07. The molecule has 0 aromatic carbocycles. The zero-order valence-electron chi connectivity index (χ0n) is 8.67. The second-order valence-corrected chi connectivity index (χ2v) is 3.57. The number of aryl methyl sites for hydroxylation is 1. The maximum atomic E-state index is 11.6. The van der Waals surface area contributed by atoms with Crippen LogP contribution in [0.15, 0.2) is 29.2 Å². The van der Waals surface area contributed by atoms with E-state index in [1.54, 1.807) is 18.3 Å². The number of aliphatic carboxylic acids is 1. The zero-order valence-corrected chi connectivity index (χ0v) is 8.67. The van der Waals surface area contributed by atoms with Crippen molar-refractivity contribution in [2.45, 2.75) is 13.5 Å². The Bertz CT molecular complexity index is 616. The molecule has 0 amide bonds. The van der Waals surface area contributed by atoms with Crippen molar-refractivity contribution in [2.24, 2.45) is 0 Å². The molecule has 0 aliphatic carbocycles. The fourth-order valence-electron chi connectivity index (χ4n) is 1.57. The number of carboxylic acids is 1. The third kappa shape index (κ3) is 1.79. The maximum absolute atomic E-state index is 11.6. The van der Waals surface area contributed by atoms with Crippen LogP contribution in [0, 0.1) is 6.92 Å². The van der Waals surface area contributed by atoms with Gasteiger partial charge in [-0.05, 0) is 24.6 Å². The molecule has 5 nitrogen and oxygen atoms in total. The first-order valence-corrected chi connectivity index (χ1v) is 4.76. The molecule has 0 saturated carbocycles. The molecule has 2 heterocycles. The molecule has 2 aromatic heterocycles. The molecular formula is C11H10N2O3. The number of pyridine rings is 2. The van der Waals surface area contributed by atoms with Gasteiger partial charge in [0, 0.05) is 12.3 Å². The lowest BCUT2D eigenvalue weighted by Gasteiger charge is -2.07. The maximum Gasteiger partial charge on any atom is 0.323 e. The Morgan fingerprint density at radius 1 is 1.50 bits per heavy atom. The van der Waals surface area contributed by atoms with E-state index in [0.29, 0.717) is 11.0 Å². The number of carbonyl (C=O) groups is 1. The smallest absolute Gasteiger partial charge is 0.323 e. The van der Waals surface area contributed by atoms with E-state index in [-0.39, 0.29) is 12.1 Å². The summed E-state index contributed by atoms with van der Waals surface area (Å²) in [6.45, 7) is 1.50. The number of carboxylic acid groups (broad SMARTS) is 1. The van der Waals surface area contributed by atoms with Gasteiger partial charge >= 0.3 is 5.97 Å². The first-order chi connectivity index (χ1) is 7.58. The molecule has 82 valence electrons. The third-order valence-corrected chi connectivity index (χ3v) is 2.27. The van der Waals surface area contributed by atoms with Gasteiger partial charge in [0.05, 0.1) is 11.0 Å². The molecule has 16 heavy (non-hydrogen) atoms. The number of hydrogen-bond donors (Lipinski definition) is 1. The van der Waals surface area contributed by atoms with E-state index in [0.717, 1.165) is 5.56 Å². The lowest BCUT2D eigenvalue weighted by atomic mass is 10.2. The highest BCUT2D eigenvalue weighted by Crippen LogP contribution is 2.10. The van der Waals surface area contributed by atoms with Crippen LogP contribution in [0.5, 0.6) is 0 Å². The molecule has 0 atom stereocenters. The van der Waals surface area contributed by atoms with Gasteiger partial charge in [-0.15, -0.1) is 0 Å². The summed E-state index contributed by atoms with van der Waals surface area (Å²) in [5.41, 5.74) is 1.72. The minimum atomic E-state index is -1.05. The van der Waals surface area contributed by atoms with E-state index in [4.69, 9.17) is 5.11 Å². The first kappa shape index (κ1) is 10.4. The minimum Gasteiger partial charge on any atom is -0.480 e. The predicted molar refractivity (Wildman–Crippen MR) is 58.4 cm³/mol. The fourth-order valence-corrected chi connectivity index (χ4v) is 1.57. The molecule has 1 N–H and O–H groups in total. The van der Waals surface area contributed by atoms with Crippen LogP contribution in [0.25, 0.3) is 11.0 Å². The molecular weight excluding hydrogens is 208 g/mol. The predicted octanol–water partition coefficient (Wildman–Crippen LogP) is 0.790. The van der Waals surface area contributed by atoms with Crippen molar-refractivity contribution in [1.29, 1.82) is 0 Å². The van der Waals surface area contributed by atoms with E-state index >= 15 is 0 Å². The van der Waals surface area contributed by atoms with E-state index in [2.05, 4.69) is 4.98 Å². The molecule has 0 bridgehead atoms. The lowest BCUT2D eigenvalue weighted by molar-refractivity contribution is -0.137.